The van der Waals surface area contributed by atoms with Gasteiger partial charge in [0.15, 0.2) is 0 Å². The predicted octanol–water partition coefficient (Wildman–Crippen LogP) is 1.03. The van der Waals surface area contributed by atoms with Crippen LogP contribution in [0.25, 0.3) is 0 Å². The van der Waals surface area contributed by atoms with Gasteiger partial charge in [-0.25, -0.2) is 0 Å². The summed E-state index contributed by atoms with van der Waals surface area (Å²) >= 11 is 0. The Bertz CT molecular complexity index is 197. The highest BCUT2D eigenvalue weighted by Gasteiger charge is 2.18. The zero-order valence-corrected chi connectivity index (χ0v) is 12.5. The van der Waals surface area contributed by atoms with Crippen molar-refractivity contribution < 1.29 is 4.74 Å². The Morgan fingerprint density at radius 2 is 2.06 bits per heavy atom. The van der Waals surface area contributed by atoms with E-state index < -0.39 is 0 Å². The number of likely N-dealkylation sites (N-methyl/N-ethyl adjacent to an activating group) is 1. The first-order chi connectivity index (χ1) is 8.80. The third-order valence-corrected chi connectivity index (χ3v) is 3.90. The Balaban J connectivity index is 2.00. The van der Waals surface area contributed by atoms with Crippen LogP contribution in [0.4, 0.5) is 0 Å². The lowest BCUT2D eigenvalue weighted by Crippen LogP contribution is -2.43. The van der Waals surface area contributed by atoms with Crippen LogP contribution in [0, 0.1) is 0 Å². The van der Waals surface area contributed by atoms with Crippen molar-refractivity contribution in [2.75, 3.05) is 59.5 Å². The number of rotatable bonds is 9. The first kappa shape index (κ1) is 15.9. The van der Waals surface area contributed by atoms with E-state index in [0.29, 0.717) is 6.10 Å². The lowest BCUT2D eigenvalue weighted by molar-refractivity contribution is 0.0318. The van der Waals surface area contributed by atoms with E-state index >= 15 is 0 Å². The standard InChI is InChI=1S/C14H31N3O/c1-4-16(5-2)11-8-15-9-12-17-10-6-7-14(13-17)18-3/h14-15H,4-13H2,1-3H3. The Morgan fingerprint density at radius 1 is 1.28 bits per heavy atom. The van der Waals surface area contributed by atoms with Crippen molar-refractivity contribution in [3.05, 3.63) is 0 Å². The van der Waals surface area contributed by atoms with Crippen molar-refractivity contribution in [3.63, 3.8) is 0 Å². The van der Waals surface area contributed by atoms with Gasteiger partial charge < -0.3 is 15.0 Å². The summed E-state index contributed by atoms with van der Waals surface area (Å²) in [6, 6.07) is 0. The van der Waals surface area contributed by atoms with E-state index in [4.69, 9.17) is 4.74 Å². The number of ether oxygens (including phenoxy) is 1. The molecule has 1 rings (SSSR count). The molecule has 1 atom stereocenters. The Morgan fingerprint density at radius 3 is 2.72 bits per heavy atom. The maximum Gasteiger partial charge on any atom is 0.0698 e. The molecule has 108 valence electrons. The van der Waals surface area contributed by atoms with Gasteiger partial charge in [0.25, 0.3) is 0 Å². The molecular formula is C14H31N3O. The molecule has 0 aromatic rings. The van der Waals surface area contributed by atoms with E-state index in [-0.39, 0.29) is 0 Å². The van der Waals surface area contributed by atoms with Crippen LogP contribution in [-0.4, -0.2) is 75.4 Å². The van der Waals surface area contributed by atoms with Gasteiger partial charge in [0, 0.05) is 39.8 Å². The topological polar surface area (TPSA) is 27.7 Å². The van der Waals surface area contributed by atoms with E-state index in [2.05, 4.69) is 29.0 Å². The van der Waals surface area contributed by atoms with E-state index in [1.807, 2.05) is 7.11 Å². The molecule has 4 nitrogen and oxygen atoms in total. The van der Waals surface area contributed by atoms with Crippen molar-refractivity contribution in [3.8, 4) is 0 Å². The van der Waals surface area contributed by atoms with E-state index in [0.717, 1.165) is 45.8 Å². The van der Waals surface area contributed by atoms with Crippen molar-refractivity contribution in [2.24, 2.45) is 0 Å². The summed E-state index contributed by atoms with van der Waals surface area (Å²) in [5.74, 6) is 0. The summed E-state index contributed by atoms with van der Waals surface area (Å²) in [6.07, 6.45) is 2.95. The molecule has 0 aliphatic carbocycles. The summed E-state index contributed by atoms with van der Waals surface area (Å²) in [7, 11) is 1.83. The number of piperidine rings is 1. The quantitative estimate of drug-likeness (QED) is 0.624. The van der Waals surface area contributed by atoms with Gasteiger partial charge in [-0.1, -0.05) is 13.8 Å². The largest absolute Gasteiger partial charge is 0.380 e. The Labute approximate surface area is 113 Å². The van der Waals surface area contributed by atoms with E-state index in [1.165, 1.54) is 19.4 Å². The minimum absolute atomic E-state index is 0.453. The molecule has 1 heterocycles. The predicted molar refractivity (Wildman–Crippen MR) is 77.1 cm³/mol. The number of methoxy groups -OCH3 is 1. The van der Waals surface area contributed by atoms with Gasteiger partial charge in [-0.05, 0) is 32.5 Å². The highest BCUT2D eigenvalue weighted by atomic mass is 16.5. The molecule has 0 spiro atoms. The zero-order chi connectivity index (χ0) is 13.2. The first-order valence-corrected chi connectivity index (χ1v) is 7.48. The minimum Gasteiger partial charge on any atom is -0.380 e. The lowest BCUT2D eigenvalue weighted by atomic mass is 10.1. The second-order valence-electron chi connectivity index (χ2n) is 5.08. The highest BCUT2D eigenvalue weighted by Crippen LogP contribution is 2.11. The summed E-state index contributed by atoms with van der Waals surface area (Å²) in [5, 5.41) is 3.54. The van der Waals surface area contributed by atoms with Crippen LogP contribution in [0.1, 0.15) is 26.7 Å². The molecule has 0 bridgehead atoms. The average molecular weight is 257 g/mol. The van der Waals surface area contributed by atoms with Crippen LogP contribution < -0.4 is 5.32 Å². The van der Waals surface area contributed by atoms with E-state index in [9.17, 15) is 0 Å². The third kappa shape index (κ3) is 6.14. The van der Waals surface area contributed by atoms with Gasteiger partial charge in [-0.15, -0.1) is 0 Å². The van der Waals surface area contributed by atoms with Gasteiger partial charge >= 0.3 is 0 Å². The van der Waals surface area contributed by atoms with Crippen molar-refractivity contribution in [1.82, 2.24) is 15.1 Å². The molecule has 1 unspecified atom stereocenters. The molecule has 0 amide bonds. The molecule has 1 aliphatic heterocycles. The molecule has 0 aromatic heterocycles. The van der Waals surface area contributed by atoms with Crippen molar-refractivity contribution in [2.45, 2.75) is 32.8 Å². The highest BCUT2D eigenvalue weighted by molar-refractivity contribution is 4.73. The third-order valence-electron chi connectivity index (χ3n) is 3.90. The number of hydrogen-bond acceptors (Lipinski definition) is 4. The SMILES string of the molecule is CCN(CC)CCNCCN1CCCC(OC)C1. The average Bonchev–Trinajstić information content (AvgIpc) is 2.43. The Kier molecular flexibility index (Phi) is 8.59. The normalized spacial score (nSPS) is 21.7. The van der Waals surface area contributed by atoms with Crippen molar-refractivity contribution in [1.29, 1.82) is 0 Å². The summed E-state index contributed by atoms with van der Waals surface area (Å²) < 4.78 is 5.44. The molecule has 4 heteroatoms. The van der Waals surface area contributed by atoms with Crippen molar-refractivity contribution >= 4 is 0 Å². The molecular weight excluding hydrogens is 226 g/mol. The van der Waals surface area contributed by atoms with E-state index in [1.54, 1.807) is 0 Å². The molecule has 0 saturated carbocycles. The summed E-state index contributed by atoms with van der Waals surface area (Å²) in [5.41, 5.74) is 0. The second kappa shape index (κ2) is 9.73. The Hall–Kier alpha value is -0.160. The van der Waals surface area contributed by atoms with Crippen LogP contribution in [0.3, 0.4) is 0 Å². The fourth-order valence-corrected chi connectivity index (χ4v) is 2.55. The zero-order valence-electron chi connectivity index (χ0n) is 12.5. The van der Waals surface area contributed by atoms with Gasteiger partial charge in [0.1, 0.15) is 0 Å². The van der Waals surface area contributed by atoms with Gasteiger partial charge in [-0.2, -0.15) is 0 Å². The first-order valence-electron chi connectivity index (χ1n) is 7.48. The fourth-order valence-electron chi connectivity index (χ4n) is 2.55. The summed E-state index contributed by atoms with van der Waals surface area (Å²) in [4.78, 5) is 4.97. The number of hydrogen-bond donors (Lipinski definition) is 1. The van der Waals surface area contributed by atoms with Crippen LogP contribution in [0.15, 0.2) is 0 Å². The van der Waals surface area contributed by atoms with Crippen LogP contribution in [0.2, 0.25) is 0 Å². The number of likely N-dealkylation sites (tertiary alicyclic amines) is 1. The molecule has 1 fully saturated rings. The molecule has 18 heavy (non-hydrogen) atoms. The monoisotopic (exact) mass is 257 g/mol. The molecule has 0 radical (unpaired) electrons. The lowest BCUT2D eigenvalue weighted by Gasteiger charge is -2.31. The second-order valence-corrected chi connectivity index (χ2v) is 5.08. The van der Waals surface area contributed by atoms with Gasteiger partial charge in [0.05, 0.1) is 6.10 Å². The molecule has 1 saturated heterocycles. The fraction of sp³-hybridized carbons (Fsp3) is 1.00. The smallest absolute Gasteiger partial charge is 0.0698 e. The summed E-state index contributed by atoms with van der Waals surface area (Å²) in [6.45, 7) is 13.6. The number of nitrogens with zero attached hydrogens (tertiary/aromatic N) is 2. The van der Waals surface area contributed by atoms with Gasteiger partial charge in [-0.3, -0.25) is 4.90 Å². The van der Waals surface area contributed by atoms with Gasteiger partial charge in [0.2, 0.25) is 0 Å². The van der Waals surface area contributed by atoms with Crippen LogP contribution in [0.5, 0.6) is 0 Å². The molecule has 1 N–H and O–H groups in total. The van der Waals surface area contributed by atoms with Crippen LogP contribution in [-0.2, 0) is 4.74 Å². The maximum atomic E-state index is 5.44. The minimum atomic E-state index is 0.453. The van der Waals surface area contributed by atoms with Crippen LogP contribution >= 0.6 is 0 Å². The molecule has 0 aromatic carbocycles. The maximum absolute atomic E-state index is 5.44. The molecule has 1 aliphatic rings. The number of nitrogens with one attached hydrogen (secondary N) is 1.